The highest BCUT2D eigenvalue weighted by atomic mass is 32.2. The van der Waals surface area contributed by atoms with Crippen molar-refractivity contribution in [3.63, 3.8) is 0 Å². The average molecular weight is 403 g/mol. The molecule has 3 aromatic rings. The molecule has 8 heteroatoms. The van der Waals surface area contributed by atoms with Crippen LogP contribution in [0.2, 0.25) is 0 Å². The molecule has 0 saturated carbocycles. The van der Waals surface area contributed by atoms with Crippen LogP contribution in [0.3, 0.4) is 0 Å². The van der Waals surface area contributed by atoms with E-state index in [1.54, 1.807) is 6.07 Å². The molecule has 0 amide bonds. The monoisotopic (exact) mass is 403 g/mol. The van der Waals surface area contributed by atoms with Crippen LogP contribution in [0.1, 0.15) is 20.8 Å². The molecule has 0 atom stereocenters. The van der Waals surface area contributed by atoms with Crippen molar-refractivity contribution in [2.45, 2.75) is 18.0 Å². The van der Waals surface area contributed by atoms with Crippen molar-refractivity contribution < 1.29 is 23.1 Å². The SMILES string of the molecule is O=C(O)c1sccc1S(=O)(=O)NCc1ccccc1COc1ccccc1. The van der Waals surface area contributed by atoms with Gasteiger partial charge in [-0.1, -0.05) is 42.5 Å². The van der Waals surface area contributed by atoms with Crippen molar-refractivity contribution >= 4 is 27.3 Å². The maximum atomic E-state index is 12.5. The lowest BCUT2D eigenvalue weighted by atomic mass is 10.1. The van der Waals surface area contributed by atoms with E-state index in [1.807, 2.05) is 48.5 Å². The molecule has 3 rings (SSSR count). The van der Waals surface area contributed by atoms with Crippen LogP contribution in [-0.2, 0) is 23.2 Å². The lowest BCUT2D eigenvalue weighted by molar-refractivity contribution is 0.0698. The van der Waals surface area contributed by atoms with Gasteiger partial charge >= 0.3 is 5.97 Å². The van der Waals surface area contributed by atoms with Crippen LogP contribution >= 0.6 is 11.3 Å². The van der Waals surface area contributed by atoms with E-state index in [0.717, 1.165) is 28.2 Å². The first kappa shape index (κ1) is 19.1. The molecule has 6 nitrogen and oxygen atoms in total. The van der Waals surface area contributed by atoms with E-state index in [1.165, 1.54) is 11.4 Å². The molecule has 0 bridgehead atoms. The number of hydrogen-bond donors (Lipinski definition) is 2. The number of nitrogens with one attached hydrogen (secondary N) is 1. The number of carboxylic acids is 1. The lowest BCUT2D eigenvalue weighted by Gasteiger charge is -2.12. The van der Waals surface area contributed by atoms with E-state index in [-0.39, 0.29) is 16.3 Å². The van der Waals surface area contributed by atoms with Crippen LogP contribution in [-0.4, -0.2) is 19.5 Å². The summed E-state index contributed by atoms with van der Waals surface area (Å²) in [6.45, 7) is 0.326. The third kappa shape index (κ3) is 4.73. The number of rotatable bonds is 8. The molecule has 0 unspecified atom stereocenters. The van der Waals surface area contributed by atoms with E-state index in [0.29, 0.717) is 6.61 Å². The Morgan fingerprint density at radius 3 is 2.37 bits per heavy atom. The Hall–Kier alpha value is -2.68. The fraction of sp³-hybridized carbons (Fsp3) is 0.105. The molecule has 140 valence electrons. The molecular weight excluding hydrogens is 386 g/mol. The molecule has 0 spiro atoms. The van der Waals surface area contributed by atoms with Gasteiger partial charge in [-0.3, -0.25) is 0 Å². The second-order valence-electron chi connectivity index (χ2n) is 5.61. The summed E-state index contributed by atoms with van der Waals surface area (Å²) in [5.74, 6) is -0.542. The third-order valence-corrected chi connectivity index (χ3v) is 6.30. The van der Waals surface area contributed by atoms with Gasteiger partial charge in [0.25, 0.3) is 0 Å². The minimum atomic E-state index is -3.94. The van der Waals surface area contributed by atoms with Gasteiger partial charge in [0.05, 0.1) is 0 Å². The normalized spacial score (nSPS) is 11.3. The number of thiophene rings is 1. The Labute approximate surface area is 161 Å². The zero-order valence-corrected chi connectivity index (χ0v) is 15.8. The average Bonchev–Trinajstić information content (AvgIpc) is 3.17. The number of carbonyl (C=O) groups is 1. The maximum absolute atomic E-state index is 12.5. The molecule has 0 aliphatic rings. The standard InChI is InChI=1S/C19H17NO5S2/c21-19(22)18-17(10-11-26-18)27(23,24)20-12-14-6-4-5-7-15(14)13-25-16-8-2-1-3-9-16/h1-11,20H,12-13H2,(H,21,22). The molecule has 1 heterocycles. The summed E-state index contributed by atoms with van der Waals surface area (Å²) in [5.41, 5.74) is 1.59. The number of aromatic carboxylic acids is 1. The minimum absolute atomic E-state index is 0.0333. The van der Waals surface area contributed by atoms with Gasteiger partial charge in [0.15, 0.2) is 0 Å². The summed E-state index contributed by atoms with van der Waals surface area (Å²) in [6, 6.07) is 17.9. The highest BCUT2D eigenvalue weighted by Gasteiger charge is 2.23. The first-order chi connectivity index (χ1) is 13.0. The van der Waals surface area contributed by atoms with Gasteiger partial charge in [0.1, 0.15) is 22.1 Å². The molecular formula is C19H17NO5S2. The number of ether oxygens (including phenoxy) is 1. The minimum Gasteiger partial charge on any atom is -0.489 e. The summed E-state index contributed by atoms with van der Waals surface area (Å²) in [5, 5.41) is 10.6. The highest BCUT2D eigenvalue weighted by Crippen LogP contribution is 2.22. The first-order valence-electron chi connectivity index (χ1n) is 8.02. The first-order valence-corrected chi connectivity index (χ1v) is 10.4. The summed E-state index contributed by atoms with van der Waals surface area (Å²) in [7, 11) is -3.94. The fourth-order valence-electron chi connectivity index (χ4n) is 2.46. The predicted molar refractivity (Wildman–Crippen MR) is 103 cm³/mol. The van der Waals surface area contributed by atoms with Crippen LogP contribution in [0, 0.1) is 0 Å². The topological polar surface area (TPSA) is 92.7 Å². The van der Waals surface area contributed by atoms with Crippen molar-refractivity contribution in [2.75, 3.05) is 0 Å². The molecule has 2 aromatic carbocycles. The van der Waals surface area contributed by atoms with Crippen LogP contribution in [0.5, 0.6) is 5.75 Å². The molecule has 0 radical (unpaired) electrons. The Morgan fingerprint density at radius 2 is 1.67 bits per heavy atom. The number of benzene rings is 2. The highest BCUT2D eigenvalue weighted by molar-refractivity contribution is 7.89. The third-order valence-electron chi connectivity index (χ3n) is 3.82. The van der Waals surface area contributed by atoms with E-state index >= 15 is 0 Å². The van der Waals surface area contributed by atoms with Crippen LogP contribution in [0.15, 0.2) is 70.9 Å². The quantitative estimate of drug-likeness (QED) is 0.600. The summed E-state index contributed by atoms with van der Waals surface area (Å²) in [6.07, 6.45) is 0. The molecule has 0 saturated heterocycles. The fourth-order valence-corrected chi connectivity index (χ4v) is 4.73. The van der Waals surface area contributed by atoms with Gasteiger partial charge in [-0.25, -0.2) is 17.9 Å². The van der Waals surface area contributed by atoms with Crippen LogP contribution in [0.4, 0.5) is 0 Å². The van der Waals surface area contributed by atoms with Crippen molar-refractivity contribution in [3.05, 3.63) is 82.0 Å². The Balaban J connectivity index is 1.72. The van der Waals surface area contributed by atoms with E-state index in [2.05, 4.69) is 4.72 Å². The van der Waals surface area contributed by atoms with Gasteiger partial charge in [-0.05, 0) is 34.7 Å². The zero-order valence-electron chi connectivity index (χ0n) is 14.2. The van der Waals surface area contributed by atoms with Gasteiger partial charge in [-0.15, -0.1) is 11.3 Å². The Morgan fingerprint density at radius 1 is 1.00 bits per heavy atom. The molecule has 27 heavy (non-hydrogen) atoms. The van der Waals surface area contributed by atoms with Crippen molar-refractivity contribution in [1.82, 2.24) is 4.72 Å². The van der Waals surface area contributed by atoms with E-state index in [9.17, 15) is 13.2 Å². The number of carboxylic acid groups (broad SMARTS) is 1. The van der Waals surface area contributed by atoms with Crippen molar-refractivity contribution in [1.29, 1.82) is 0 Å². The van der Waals surface area contributed by atoms with Gasteiger partial charge in [0, 0.05) is 6.54 Å². The smallest absolute Gasteiger partial charge is 0.347 e. The predicted octanol–water partition coefficient (Wildman–Crippen LogP) is 3.50. The molecule has 0 fully saturated rings. The molecule has 0 aliphatic heterocycles. The second kappa shape index (κ2) is 8.34. The van der Waals surface area contributed by atoms with Crippen molar-refractivity contribution in [3.8, 4) is 5.75 Å². The maximum Gasteiger partial charge on any atom is 0.347 e. The molecule has 2 N–H and O–H groups in total. The summed E-state index contributed by atoms with van der Waals surface area (Å²) < 4.78 is 33.2. The molecule has 1 aromatic heterocycles. The van der Waals surface area contributed by atoms with Crippen molar-refractivity contribution in [2.24, 2.45) is 0 Å². The number of sulfonamides is 1. The zero-order chi connectivity index (χ0) is 19.3. The second-order valence-corrected chi connectivity index (χ2v) is 8.27. The van der Waals surface area contributed by atoms with Crippen LogP contribution in [0.25, 0.3) is 0 Å². The largest absolute Gasteiger partial charge is 0.489 e. The Bertz CT molecular complexity index is 1030. The summed E-state index contributed by atoms with van der Waals surface area (Å²) >= 11 is 0.876. The van der Waals surface area contributed by atoms with Gasteiger partial charge in [0.2, 0.25) is 10.0 Å². The van der Waals surface area contributed by atoms with Gasteiger partial charge in [-0.2, -0.15) is 0 Å². The lowest BCUT2D eigenvalue weighted by Crippen LogP contribution is -2.25. The molecule has 0 aliphatic carbocycles. The Kier molecular flexibility index (Phi) is 5.90. The van der Waals surface area contributed by atoms with E-state index in [4.69, 9.17) is 9.84 Å². The van der Waals surface area contributed by atoms with Crippen LogP contribution < -0.4 is 9.46 Å². The summed E-state index contributed by atoms with van der Waals surface area (Å²) in [4.78, 5) is 10.8. The number of hydrogen-bond acceptors (Lipinski definition) is 5. The van der Waals surface area contributed by atoms with E-state index < -0.39 is 16.0 Å². The number of para-hydroxylation sites is 1. The van der Waals surface area contributed by atoms with Gasteiger partial charge < -0.3 is 9.84 Å².